The lowest BCUT2D eigenvalue weighted by molar-refractivity contribution is 0.102. The van der Waals surface area contributed by atoms with Gasteiger partial charge < -0.3 is 5.32 Å². The third-order valence-corrected chi connectivity index (χ3v) is 4.06. The minimum Gasteiger partial charge on any atom is -0.321 e. The van der Waals surface area contributed by atoms with Gasteiger partial charge in [-0.3, -0.25) is 4.79 Å². The smallest absolute Gasteiger partial charge is 0.256 e. The molecule has 2 aromatic carbocycles. The SMILES string of the molecule is N#CCc1ccc2c(c1)Sc1ccccc1NC2=O. The Balaban J connectivity index is 2.10. The normalized spacial score (nSPS) is 12.7. The lowest BCUT2D eigenvalue weighted by Crippen LogP contribution is -2.11. The summed E-state index contributed by atoms with van der Waals surface area (Å²) in [7, 11) is 0. The molecule has 3 nitrogen and oxygen atoms in total. The van der Waals surface area contributed by atoms with Crippen molar-refractivity contribution in [3.05, 3.63) is 53.6 Å². The van der Waals surface area contributed by atoms with E-state index >= 15 is 0 Å². The highest BCUT2D eigenvalue weighted by molar-refractivity contribution is 7.99. The Morgan fingerprint density at radius 2 is 2.00 bits per heavy atom. The van der Waals surface area contributed by atoms with Gasteiger partial charge in [0.2, 0.25) is 0 Å². The van der Waals surface area contributed by atoms with Gasteiger partial charge in [-0.25, -0.2) is 0 Å². The summed E-state index contributed by atoms with van der Waals surface area (Å²) >= 11 is 1.55. The maximum atomic E-state index is 12.1. The van der Waals surface area contributed by atoms with Gasteiger partial charge in [0.25, 0.3) is 5.91 Å². The number of nitrogens with zero attached hydrogens (tertiary/aromatic N) is 1. The molecule has 0 radical (unpaired) electrons. The van der Waals surface area contributed by atoms with Crippen LogP contribution >= 0.6 is 11.8 Å². The summed E-state index contributed by atoms with van der Waals surface area (Å²) in [4.78, 5) is 14.1. The van der Waals surface area contributed by atoms with E-state index in [-0.39, 0.29) is 5.91 Å². The number of benzene rings is 2. The van der Waals surface area contributed by atoms with E-state index < -0.39 is 0 Å². The minimum atomic E-state index is -0.101. The van der Waals surface area contributed by atoms with Crippen molar-refractivity contribution >= 4 is 23.4 Å². The second-order valence-electron chi connectivity index (χ2n) is 4.22. The number of hydrogen-bond donors (Lipinski definition) is 1. The maximum Gasteiger partial charge on any atom is 0.256 e. The zero-order valence-corrected chi connectivity index (χ0v) is 10.8. The van der Waals surface area contributed by atoms with Gasteiger partial charge in [0.1, 0.15) is 0 Å². The molecule has 0 aliphatic carbocycles. The fourth-order valence-corrected chi connectivity index (χ4v) is 3.10. The average Bonchev–Trinajstić information content (AvgIpc) is 2.54. The third kappa shape index (κ3) is 2.20. The molecule has 1 amide bonds. The lowest BCUT2D eigenvalue weighted by Gasteiger charge is -2.05. The molecule has 0 unspecified atom stereocenters. The van der Waals surface area contributed by atoms with Crippen LogP contribution in [-0.4, -0.2) is 5.91 Å². The first kappa shape index (κ1) is 11.8. The maximum absolute atomic E-state index is 12.1. The minimum absolute atomic E-state index is 0.101. The molecule has 0 aromatic heterocycles. The van der Waals surface area contributed by atoms with Crippen molar-refractivity contribution in [1.82, 2.24) is 0 Å². The summed E-state index contributed by atoms with van der Waals surface area (Å²) in [6.07, 6.45) is 0.358. The number of anilines is 1. The van der Waals surface area contributed by atoms with Gasteiger partial charge >= 0.3 is 0 Å². The molecular weight excluding hydrogens is 256 g/mol. The van der Waals surface area contributed by atoms with Crippen LogP contribution in [0.15, 0.2) is 52.3 Å². The first-order valence-corrected chi connectivity index (χ1v) is 6.67. The molecule has 2 aromatic rings. The van der Waals surface area contributed by atoms with Crippen molar-refractivity contribution < 1.29 is 4.79 Å². The second kappa shape index (κ2) is 4.79. The fourth-order valence-electron chi connectivity index (χ4n) is 2.01. The molecule has 1 N–H and O–H groups in total. The molecule has 0 atom stereocenters. The molecule has 0 saturated carbocycles. The Labute approximate surface area is 115 Å². The van der Waals surface area contributed by atoms with Crippen LogP contribution in [0.4, 0.5) is 5.69 Å². The zero-order chi connectivity index (χ0) is 13.2. The van der Waals surface area contributed by atoms with Gasteiger partial charge in [0, 0.05) is 9.79 Å². The van der Waals surface area contributed by atoms with Crippen molar-refractivity contribution in [3.63, 3.8) is 0 Å². The van der Waals surface area contributed by atoms with E-state index in [9.17, 15) is 4.79 Å². The highest BCUT2D eigenvalue weighted by atomic mass is 32.2. The van der Waals surface area contributed by atoms with Crippen molar-refractivity contribution in [2.45, 2.75) is 16.2 Å². The number of para-hydroxylation sites is 1. The van der Waals surface area contributed by atoms with Gasteiger partial charge in [0.05, 0.1) is 23.7 Å². The summed E-state index contributed by atoms with van der Waals surface area (Å²) < 4.78 is 0. The third-order valence-electron chi connectivity index (χ3n) is 2.93. The van der Waals surface area contributed by atoms with Gasteiger partial charge in [-0.05, 0) is 29.8 Å². The number of nitriles is 1. The molecule has 0 spiro atoms. The highest BCUT2D eigenvalue weighted by Crippen LogP contribution is 2.38. The summed E-state index contributed by atoms with van der Waals surface area (Å²) in [6.45, 7) is 0. The number of hydrogen-bond acceptors (Lipinski definition) is 3. The van der Waals surface area contributed by atoms with E-state index in [1.807, 2.05) is 36.4 Å². The first-order chi connectivity index (χ1) is 9.28. The van der Waals surface area contributed by atoms with Gasteiger partial charge in [0.15, 0.2) is 0 Å². The average molecular weight is 266 g/mol. The Bertz CT molecular complexity index is 704. The second-order valence-corrected chi connectivity index (χ2v) is 5.30. The number of carbonyl (C=O) groups is 1. The van der Waals surface area contributed by atoms with Crippen LogP contribution in [-0.2, 0) is 6.42 Å². The molecule has 0 saturated heterocycles. The largest absolute Gasteiger partial charge is 0.321 e. The lowest BCUT2D eigenvalue weighted by atomic mass is 10.1. The number of amides is 1. The molecule has 1 aliphatic rings. The molecule has 1 heterocycles. The fraction of sp³-hybridized carbons (Fsp3) is 0.0667. The Morgan fingerprint density at radius 1 is 1.16 bits per heavy atom. The molecule has 19 heavy (non-hydrogen) atoms. The van der Waals surface area contributed by atoms with Crippen LogP contribution in [0.1, 0.15) is 15.9 Å². The molecule has 4 heteroatoms. The van der Waals surface area contributed by atoms with E-state index in [0.717, 1.165) is 21.0 Å². The number of nitrogens with one attached hydrogen (secondary N) is 1. The standard InChI is InChI=1S/C15H10N2OS/c16-8-7-10-5-6-11-14(9-10)19-13-4-2-1-3-12(13)17-15(11)18/h1-6,9H,7H2,(H,17,18). The van der Waals surface area contributed by atoms with Gasteiger partial charge in [-0.1, -0.05) is 30.0 Å². The van der Waals surface area contributed by atoms with E-state index in [1.165, 1.54) is 0 Å². The molecule has 3 rings (SSSR count). The van der Waals surface area contributed by atoms with Crippen molar-refractivity contribution in [2.75, 3.05) is 5.32 Å². The predicted molar refractivity (Wildman–Crippen MR) is 74.3 cm³/mol. The summed E-state index contributed by atoms with van der Waals surface area (Å²) in [5.74, 6) is -0.101. The zero-order valence-electron chi connectivity index (χ0n) is 10.0. The first-order valence-electron chi connectivity index (χ1n) is 5.86. The van der Waals surface area contributed by atoms with Crippen LogP contribution in [0.3, 0.4) is 0 Å². The number of carbonyl (C=O) groups excluding carboxylic acids is 1. The number of rotatable bonds is 1. The molecule has 92 valence electrons. The van der Waals surface area contributed by atoms with Crippen LogP contribution in [0.2, 0.25) is 0 Å². The van der Waals surface area contributed by atoms with Crippen molar-refractivity contribution in [3.8, 4) is 6.07 Å². The van der Waals surface area contributed by atoms with Crippen molar-refractivity contribution in [2.24, 2.45) is 0 Å². The monoisotopic (exact) mass is 266 g/mol. The Kier molecular flexibility index (Phi) is 2.98. The predicted octanol–water partition coefficient (Wildman–Crippen LogP) is 3.47. The quantitative estimate of drug-likeness (QED) is 0.859. The van der Waals surface area contributed by atoms with Crippen LogP contribution in [0, 0.1) is 11.3 Å². The summed E-state index contributed by atoms with van der Waals surface area (Å²) in [5, 5.41) is 11.7. The van der Waals surface area contributed by atoms with E-state index in [2.05, 4.69) is 11.4 Å². The highest BCUT2D eigenvalue weighted by Gasteiger charge is 2.19. The molecule has 0 bridgehead atoms. The van der Waals surface area contributed by atoms with Gasteiger partial charge in [-0.2, -0.15) is 5.26 Å². The van der Waals surface area contributed by atoms with Crippen LogP contribution in [0.5, 0.6) is 0 Å². The van der Waals surface area contributed by atoms with Crippen LogP contribution in [0.25, 0.3) is 0 Å². The molecule has 1 aliphatic heterocycles. The molecular formula is C15H10N2OS. The van der Waals surface area contributed by atoms with E-state index in [4.69, 9.17) is 5.26 Å². The Hall–Kier alpha value is -2.25. The van der Waals surface area contributed by atoms with Gasteiger partial charge in [-0.15, -0.1) is 0 Å². The summed E-state index contributed by atoms with van der Waals surface area (Å²) in [6, 6.07) is 15.4. The Morgan fingerprint density at radius 3 is 2.84 bits per heavy atom. The van der Waals surface area contributed by atoms with E-state index in [0.29, 0.717) is 12.0 Å². The topological polar surface area (TPSA) is 52.9 Å². The van der Waals surface area contributed by atoms with Crippen LogP contribution < -0.4 is 5.32 Å². The summed E-state index contributed by atoms with van der Waals surface area (Å²) in [5.41, 5.74) is 2.42. The number of fused-ring (bicyclic) bond motifs is 2. The van der Waals surface area contributed by atoms with E-state index in [1.54, 1.807) is 17.8 Å². The van der Waals surface area contributed by atoms with Crippen molar-refractivity contribution in [1.29, 1.82) is 5.26 Å². The molecule has 0 fully saturated rings.